The average molecular weight is 379 g/mol. The Morgan fingerprint density at radius 1 is 1.07 bits per heavy atom. The quantitative estimate of drug-likeness (QED) is 0.718. The number of nitrogens with zero attached hydrogens (tertiary/aromatic N) is 1. The number of hydrogen-bond acceptors (Lipinski definition) is 2. The zero-order valence-corrected chi connectivity index (χ0v) is 15.8. The van der Waals surface area contributed by atoms with Gasteiger partial charge in [-0.3, -0.25) is 4.79 Å². The number of rotatable bonds is 4. The van der Waals surface area contributed by atoms with Gasteiger partial charge in [0.1, 0.15) is 5.82 Å². The Morgan fingerprint density at radius 3 is 2.57 bits per heavy atom. The van der Waals surface area contributed by atoms with Crippen LogP contribution in [-0.2, 0) is 0 Å². The highest BCUT2D eigenvalue weighted by atomic mass is 19.1. The van der Waals surface area contributed by atoms with E-state index in [2.05, 4.69) is 10.3 Å². The molecule has 1 saturated heterocycles. The van der Waals surface area contributed by atoms with E-state index in [9.17, 15) is 14.0 Å². The van der Waals surface area contributed by atoms with E-state index in [4.69, 9.17) is 0 Å². The predicted octanol–water partition coefficient (Wildman–Crippen LogP) is 4.06. The molecule has 1 aliphatic heterocycles. The van der Waals surface area contributed by atoms with Crippen LogP contribution in [0, 0.1) is 11.7 Å². The summed E-state index contributed by atoms with van der Waals surface area (Å²) in [7, 11) is 0. The number of carbonyl (C=O) groups excluding carboxylic acids is 1. The topological polar surface area (TPSA) is 65.2 Å². The molecule has 6 heteroatoms. The van der Waals surface area contributed by atoms with Crippen LogP contribution in [0.1, 0.15) is 25.5 Å². The molecular formula is C22H22FN3O2. The van der Waals surface area contributed by atoms with Gasteiger partial charge in [-0.1, -0.05) is 38.1 Å². The van der Waals surface area contributed by atoms with Gasteiger partial charge in [0, 0.05) is 29.7 Å². The van der Waals surface area contributed by atoms with E-state index in [0.29, 0.717) is 29.7 Å². The van der Waals surface area contributed by atoms with E-state index in [1.165, 1.54) is 6.07 Å². The Kier molecular flexibility index (Phi) is 4.63. The average Bonchev–Trinajstić information content (AvgIpc) is 3.09. The van der Waals surface area contributed by atoms with Crippen LogP contribution in [0.2, 0.25) is 0 Å². The van der Waals surface area contributed by atoms with Crippen LogP contribution in [-0.4, -0.2) is 29.0 Å². The first kappa shape index (κ1) is 18.2. The molecule has 2 amide bonds. The maximum atomic E-state index is 14.1. The minimum absolute atomic E-state index is 0.0885. The summed E-state index contributed by atoms with van der Waals surface area (Å²) in [6.45, 7) is 5.15. The molecular weight excluding hydrogens is 357 g/mol. The predicted molar refractivity (Wildman–Crippen MR) is 108 cm³/mol. The van der Waals surface area contributed by atoms with E-state index < -0.39 is 0 Å². The highest BCUT2D eigenvalue weighted by Gasteiger charge is 2.32. The zero-order valence-electron chi connectivity index (χ0n) is 15.8. The molecule has 28 heavy (non-hydrogen) atoms. The number of benzene rings is 2. The fourth-order valence-corrected chi connectivity index (χ4v) is 3.93. The summed E-state index contributed by atoms with van der Waals surface area (Å²) in [5, 5.41) is 4.11. The molecule has 2 aromatic carbocycles. The van der Waals surface area contributed by atoms with Crippen molar-refractivity contribution in [2.45, 2.75) is 19.9 Å². The summed E-state index contributed by atoms with van der Waals surface area (Å²) >= 11 is 0. The standard InChI is InChI=1S/C22H22FN3O2/c1-13(2)20(26-11-10-24-22(26)28)16-8-9-19(25-21(16)27)15-7-6-14-4-3-5-18(23)17(14)12-15/h3-9,12-13,20H,10-11H2,1-2H3,(H,24,28)(H,25,27). The largest absolute Gasteiger partial charge is 0.336 e. The van der Waals surface area contributed by atoms with Crippen molar-refractivity contribution in [3.63, 3.8) is 0 Å². The summed E-state index contributed by atoms with van der Waals surface area (Å²) in [5.41, 5.74) is 1.68. The molecule has 3 aromatic rings. The van der Waals surface area contributed by atoms with Crippen molar-refractivity contribution in [2.24, 2.45) is 5.92 Å². The molecule has 0 bridgehead atoms. The van der Waals surface area contributed by atoms with Crippen molar-refractivity contribution in [2.75, 3.05) is 13.1 Å². The Balaban J connectivity index is 1.74. The number of fused-ring (bicyclic) bond motifs is 1. The van der Waals surface area contributed by atoms with Gasteiger partial charge in [-0.25, -0.2) is 9.18 Å². The van der Waals surface area contributed by atoms with Gasteiger partial charge in [0.15, 0.2) is 0 Å². The van der Waals surface area contributed by atoms with Crippen LogP contribution in [0.25, 0.3) is 22.0 Å². The molecule has 1 fully saturated rings. The maximum absolute atomic E-state index is 14.1. The summed E-state index contributed by atoms with van der Waals surface area (Å²) in [4.78, 5) is 29.6. The molecule has 1 aliphatic rings. The molecule has 1 unspecified atom stereocenters. The van der Waals surface area contributed by atoms with Gasteiger partial charge >= 0.3 is 6.03 Å². The molecule has 0 spiro atoms. The smallest absolute Gasteiger partial charge is 0.318 e. The van der Waals surface area contributed by atoms with Crippen molar-refractivity contribution < 1.29 is 9.18 Å². The van der Waals surface area contributed by atoms with Crippen molar-refractivity contribution in [3.8, 4) is 11.3 Å². The van der Waals surface area contributed by atoms with Crippen molar-refractivity contribution in [1.29, 1.82) is 0 Å². The summed E-state index contributed by atoms with van der Waals surface area (Å²) in [6, 6.07) is 13.5. The summed E-state index contributed by atoms with van der Waals surface area (Å²) in [6.07, 6.45) is 0. The van der Waals surface area contributed by atoms with Crippen LogP contribution < -0.4 is 10.9 Å². The number of amides is 2. The number of pyridine rings is 1. The molecule has 1 atom stereocenters. The molecule has 0 radical (unpaired) electrons. The molecule has 2 heterocycles. The number of carbonyl (C=O) groups is 1. The fraction of sp³-hybridized carbons (Fsp3) is 0.273. The SMILES string of the molecule is CC(C)C(c1ccc(-c2ccc3cccc(F)c3c2)[nH]c1=O)N1CCNC1=O. The first-order valence-electron chi connectivity index (χ1n) is 9.42. The molecule has 2 N–H and O–H groups in total. The lowest BCUT2D eigenvalue weighted by Crippen LogP contribution is -2.37. The first-order chi connectivity index (χ1) is 13.5. The summed E-state index contributed by atoms with van der Waals surface area (Å²) in [5.74, 6) is -0.205. The zero-order chi connectivity index (χ0) is 19.8. The number of aromatic amines is 1. The maximum Gasteiger partial charge on any atom is 0.318 e. The highest BCUT2D eigenvalue weighted by molar-refractivity contribution is 5.87. The lowest BCUT2D eigenvalue weighted by atomic mass is 9.95. The monoisotopic (exact) mass is 379 g/mol. The van der Waals surface area contributed by atoms with Gasteiger partial charge in [-0.15, -0.1) is 0 Å². The number of aromatic nitrogens is 1. The number of hydrogen-bond donors (Lipinski definition) is 2. The third-order valence-corrected chi connectivity index (χ3v) is 5.26. The second kappa shape index (κ2) is 7.11. The Bertz CT molecular complexity index is 1110. The van der Waals surface area contributed by atoms with Crippen molar-refractivity contribution in [1.82, 2.24) is 15.2 Å². The van der Waals surface area contributed by atoms with Crippen LogP contribution in [0.15, 0.2) is 53.3 Å². The number of H-pyrrole nitrogens is 1. The van der Waals surface area contributed by atoms with Gasteiger partial charge in [0.2, 0.25) is 0 Å². The van der Waals surface area contributed by atoms with Crippen LogP contribution >= 0.6 is 0 Å². The first-order valence-corrected chi connectivity index (χ1v) is 9.42. The van der Waals surface area contributed by atoms with E-state index in [-0.39, 0.29) is 29.4 Å². The van der Waals surface area contributed by atoms with Crippen LogP contribution in [0.5, 0.6) is 0 Å². The number of urea groups is 1. The van der Waals surface area contributed by atoms with E-state index in [1.807, 2.05) is 38.1 Å². The molecule has 0 aliphatic carbocycles. The Hall–Kier alpha value is -3.15. The highest BCUT2D eigenvalue weighted by Crippen LogP contribution is 2.29. The van der Waals surface area contributed by atoms with Crippen molar-refractivity contribution >= 4 is 16.8 Å². The van der Waals surface area contributed by atoms with Gasteiger partial charge in [-0.05, 0) is 41.1 Å². The normalized spacial score (nSPS) is 15.3. The third-order valence-electron chi connectivity index (χ3n) is 5.26. The molecule has 5 nitrogen and oxygen atoms in total. The van der Waals surface area contributed by atoms with E-state index in [1.54, 1.807) is 23.1 Å². The van der Waals surface area contributed by atoms with Gasteiger partial charge in [0.05, 0.1) is 6.04 Å². The lowest BCUT2D eigenvalue weighted by Gasteiger charge is -2.29. The van der Waals surface area contributed by atoms with Crippen LogP contribution in [0.3, 0.4) is 0 Å². The Labute approximate surface area is 162 Å². The van der Waals surface area contributed by atoms with Gasteiger partial charge < -0.3 is 15.2 Å². The van der Waals surface area contributed by atoms with Gasteiger partial charge in [0.25, 0.3) is 5.56 Å². The van der Waals surface area contributed by atoms with E-state index in [0.717, 1.165) is 10.9 Å². The summed E-state index contributed by atoms with van der Waals surface area (Å²) < 4.78 is 14.1. The fourth-order valence-electron chi connectivity index (χ4n) is 3.93. The number of nitrogens with one attached hydrogen (secondary N) is 2. The van der Waals surface area contributed by atoms with Crippen molar-refractivity contribution in [3.05, 3.63) is 70.3 Å². The second-order valence-electron chi connectivity index (χ2n) is 7.45. The molecule has 4 rings (SSSR count). The molecule has 1 aromatic heterocycles. The number of halogens is 1. The minimum Gasteiger partial charge on any atom is -0.336 e. The lowest BCUT2D eigenvalue weighted by molar-refractivity contribution is 0.179. The Morgan fingerprint density at radius 2 is 1.89 bits per heavy atom. The molecule has 0 saturated carbocycles. The van der Waals surface area contributed by atoms with Crippen LogP contribution in [0.4, 0.5) is 9.18 Å². The third kappa shape index (κ3) is 3.15. The second-order valence-corrected chi connectivity index (χ2v) is 7.45. The van der Waals surface area contributed by atoms with E-state index >= 15 is 0 Å². The van der Waals surface area contributed by atoms with Gasteiger partial charge in [-0.2, -0.15) is 0 Å². The minimum atomic E-state index is -0.297. The molecule has 144 valence electrons.